The molecule has 1 fully saturated rings. The van der Waals surface area contributed by atoms with Gasteiger partial charge in [-0.05, 0) is 46.2 Å². The Hall–Kier alpha value is -1.40. The van der Waals surface area contributed by atoms with Crippen molar-refractivity contribution in [3.63, 3.8) is 0 Å². The number of imidazole rings is 1. The summed E-state index contributed by atoms with van der Waals surface area (Å²) in [5.41, 5.74) is 1.81. The zero-order valence-corrected chi connectivity index (χ0v) is 13.9. The maximum atomic E-state index is 12.4. The summed E-state index contributed by atoms with van der Waals surface area (Å²) in [7, 11) is 1.67. The summed E-state index contributed by atoms with van der Waals surface area (Å²) in [4.78, 5) is 22.2. The summed E-state index contributed by atoms with van der Waals surface area (Å²) < 4.78 is 10.5. The van der Waals surface area contributed by atoms with Crippen LogP contribution >= 0.6 is 0 Å². The normalized spacial score (nSPS) is 18.3. The molecule has 6 heteroatoms. The van der Waals surface area contributed by atoms with Crippen LogP contribution in [0.15, 0.2) is 6.33 Å². The molecule has 1 saturated heterocycles. The molecular formula is C16H27N3O3. The van der Waals surface area contributed by atoms with Gasteiger partial charge in [-0.2, -0.15) is 0 Å². The third-order valence-electron chi connectivity index (χ3n) is 4.61. The molecule has 0 unspecified atom stereocenters. The molecule has 1 N–H and O–H groups in total. The smallest absolute Gasteiger partial charge is 0.312 e. The van der Waals surface area contributed by atoms with Crippen molar-refractivity contribution in [1.29, 1.82) is 0 Å². The monoisotopic (exact) mass is 309 g/mol. The van der Waals surface area contributed by atoms with E-state index in [4.69, 9.17) is 9.47 Å². The molecule has 1 aromatic heterocycles. The number of carbonyl (C=O) groups is 1. The molecular weight excluding hydrogens is 282 g/mol. The van der Waals surface area contributed by atoms with Crippen LogP contribution in [0.3, 0.4) is 0 Å². The minimum Gasteiger partial charge on any atom is -0.466 e. The van der Waals surface area contributed by atoms with Gasteiger partial charge in [-0.3, -0.25) is 9.69 Å². The number of carbonyl (C=O) groups excluding carboxylic acids is 1. The molecule has 22 heavy (non-hydrogen) atoms. The van der Waals surface area contributed by atoms with Crippen LogP contribution in [-0.2, 0) is 20.8 Å². The third kappa shape index (κ3) is 3.87. The summed E-state index contributed by atoms with van der Waals surface area (Å²) in [6, 6.07) is 0. The van der Waals surface area contributed by atoms with Crippen molar-refractivity contribution in [3.8, 4) is 0 Å². The first-order valence-corrected chi connectivity index (χ1v) is 7.98. The lowest BCUT2D eigenvalue weighted by Crippen LogP contribution is -2.45. The highest BCUT2D eigenvalue weighted by Crippen LogP contribution is 2.37. The minimum atomic E-state index is -0.386. The minimum absolute atomic E-state index is 0.0670. The fourth-order valence-corrected chi connectivity index (χ4v) is 3.04. The van der Waals surface area contributed by atoms with Gasteiger partial charge in [0, 0.05) is 26.0 Å². The highest BCUT2D eigenvalue weighted by molar-refractivity contribution is 5.77. The van der Waals surface area contributed by atoms with Crippen molar-refractivity contribution in [2.24, 2.45) is 5.41 Å². The Labute approximate surface area is 132 Å². The maximum absolute atomic E-state index is 12.4. The Bertz CT molecular complexity index is 479. The standard InChI is InChI=1S/C16H27N3O3/c1-4-22-15(20)16(7-10-21-3)5-8-19(9-6-16)11-14-13(2)17-12-18-14/h12H,4-11H2,1-3H3,(H,17,18). The van der Waals surface area contributed by atoms with Crippen LogP contribution in [0.4, 0.5) is 0 Å². The highest BCUT2D eigenvalue weighted by atomic mass is 16.5. The molecule has 0 bridgehead atoms. The molecule has 1 aliphatic heterocycles. The SMILES string of the molecule is CCOC(=O)C1(CCOC)CCN(Cc2nc[nH]c2C)CC1. The van der Waals surface area contributed by atoms with E-state index in [1.165, 1.54) is 0 Å². The Kier molecular flexibility index (Phi) is 5.97. The van der Waals surface area contributed by atoms with E-state index in [0.717, 1.165) is 50.3 Å². The molecule has 0 amide bonds. The molecule has 6 nitrogen and oxygen atoms in total. The van der Waals surface area contributed by atoms with E-state index in [1.807, 2.05) is 13.8 Å². The van der Waals surface area contributed by atoms with Gasteiger partial charge in [-0.25, -0.2) is 4.98 Å². The number of piperidine rings is 1. The van der Waals surface area contributed by atoms with Crippen molar-refractivity contribution >= 4 is 5.97 Å². The van der Waals surface area contributed by atoms with Gasteiger partial charge in [0.25, 0.3) is 0 Å². The average molecular weight is 309 g/mol. The van der Waals surface area contributed by atoms with Crippen LogP contribution in [-0.4, -0.2) is 54.3 Å². The molecule has 2 heterocycles. The van der Waals surface area contributed by atoms with Crippen LogP contribution in [0, 0.1) is 12.3 Å². The first-order chi connectivity index (χ1) is 10.6. The van der Waals surface area contributed by atoms with Gasteiger partial charge in [0.1, 0.15) is 0 Å². The Balaban J connectivity index is 1.96. The van der Waals surface area contributed by atoms with Crippen LogP contribution in [0.5, 0.6) is 0 Å². The van der Waals surface area contributed by atoms with Gasteiger partial charge in [-0.15, -0.1) is 0 Å². The van der Waals surface area contributed by atoms with E-state index < -0.39 is 0 Å². The molecule has 0 radical (unpaired) electrons. The predicted molar refractivity (Wildman–Crippen MR) is 83.4 cm³/mol. The molecule has 1 aliphatic rings. The van der Waals surface area contributed by atoms with Crippen LogP contribution in [0.1, 0.15) is 37.6 Å². The number of hydrogen-bond acceptors (Lipinski definition) is 5. The molecule has 0 atom stereocenters. The number of likely N-dealkylation sites (tertiary alicyclic amines) is 1. The van der Waals surface area contributed by atoms with Crippen molar-refractivity contribution in [3.05, 3.63) is 17.7 Å². The lowest BCUT2D eigenvalue weighted by Gasteiger charge is -2.39. The number of aryl methyl sites for hydroxylation is 1. The Morgan fingerprint density at radius 3 is 2.73 bits per heavy atom. The van der Waals surface area contributed by atoms with Gasteiger partial charge >= 0.3 is 5.97 Å². The van der Waals surface area contributed by atoms with E-state index in [-0.39, 0.29) is 11.4 Å². The van der Waals surface area contributed by atoms with Crippen LogP contribution in [0.25, 0.3) is 0 Å². The second kappa shape index (κ2) is 7.74. The Morgan fingerprint density at radius 1 is 1.45 bits per heavy atom. The molecule has 1 aromatic rings. The summed E-state index contributed by atoms with van der Waals surface area (Å²) in [5, 5.41) is 0. The van der Waals surface area contributed by atoms with Crippen molar-refractivity contribution in [2.45, 2.75) is 39.7 Å². The summed E-state index contributed by atoms with van der Waals surface area (Å²) in [6.07, 6.45) is 4.10. The molecule has 2 rings (SSSR count). The molecule has 124 valence electrons. The number of nitrogens with one attached hydrogen (secondary N) is 1. The quantitative estimate of drug-likeness (QED) is 0.779. The zero-order chi connectivity index (χ0) is 16.0. The van der Waals surface area contributed by atoms with E-state index >= 15 is 0 Å². The van der Waals surface area contributed by atoms with Gasteiger partial charge in [0.15, 0.2) is 0 Å². The molecule has 0 spiro atoms. The number of aromatic amines is 1. The van der Waals surface area contributed by atoms with E-state index in [0.29, 0.717) is 13.2 Å². The summed E-state index contributed by atoms with van der Waals surface area (Å²) in [5.74, 6) is -0.0670. The number of aromatic nitrogens is 2. The van der Waals surface area contributed by atoms with Gasteiger partial charge in [0.05, 0.1) is 24.0 Å². The lowest BCUT2D eigenvalue weighted by atomic mass is 9.75. The topological polar surface area (TPSA) is 67.5 Å². The third-order valence-corrected chi connectivity index (χ3v) is 4.61. The number of ether oxygens (including phenoxy) is 2. The van der Waals surface area contributed by atoms with Crippen LogP contribution in [0.2, 0.25) is 0 Å². The molecule has 0 aromatic carbocycles. The number of nitrogens with zero attached hydrogens (tertiary/aromatic N) is 2. The largest absolute Gasteiger partial charge is 0.466 e. The highest BCUT2D eigenvalue weighted by Gasteiger charge is 2.42. The number of esters is 1. The fraction of sp³-hybridized carbons (Fsp3) is 0.750. The summed E-state index contributed by atoms with van der Waals surface area (Å²) >= 11 is 0. The van der Waals surface area contributed by atoms with Crippen LogP contribution < -0.4 is 0 Å². The zero-order valence-electron chi connectivity index (χ0n) is 13.9. The average Bonchev–Trinajstić information content (AvgIpc) is 2.92. The van der Waals surface area contributed by atoms with Crippen molar-refractivity contribution < 1.29 is 14.3 Å². The molecule has 0 aliphatic carbocycles. The molecule has 0 saturated carbocycles. The summed E-state index contributed by atoms with van der Waals surface area (Å²) in [6.45, 7) is 7.52. The van der Waals surface area contributed by atoms with Gasteiger partial charge in [0.2, 0.25) is 0 Å². The van der Waals surface area contributed by atoms with Crippen molar-refractivity contribution in [1.82, 2.24) is 14.9 Å². The predicted octanol–water partition coefficient (Wildman–Crippen LogP) is 1.90. The number of hydrogen-bond donors (Lipinski definition) is 1. The second-order valence-electron chi connectivity index (χ2n) is 5.99. The van der Waals surface area contributed by atoms with Gasteiger partial charge < -0.3 is 14.5 Å². The maximum Gasteiger partial charge on any atom is 0.312 e. The van der Waals surface area contributed by atoms with E-state index in [1.54, 1.807) is 13.4 Å². The fourth-order valence-electron chi connectivity index (χ4n) is 3.04. The lowest BCUT2D eigenvalue weighted by molar-refractivity contribution is -0.160. The number of H-pyrrole nitrogens is 1. The van der Waals surface area contributed by atoms with Crippen molar-refractivity contribution in [2.75, 3.05) is 33.4 Å². The number of rotatable bonds is 7. The Morgan fingerprint density at radius 2 is 2.18 bits per heavy atom. The van der Waals surface area contributed by atoms with E-state index in [2.05, 4.69) is 14.9 Å². The van der Waals surface area contributed by atoms with E-state index in [9.17, 15) is 4.79 Å². The van der Waals surface area contributed by atoms with Gasteiger partial charge in [-0.1, -0.05) is 0 Å². The first kappa shape index (κ1) is 17.0. The second-order valence-corrected chi connectivity index (χ2v) is 5.99. The number of methoxy groups -OCH3 is 1. The first-order valence-electron chi connectivity index (χ1n) is 7.98.